The zero-order valence-corrected chi connectivity index (χ0v) is 19.1. The maximum Gasteiger partial charge on any atom is 0.262 e. The molecule has 1 amide bonds. The number of nitrogens with zero attached hydrogens (tertiary/aromatic N) is 5. The topological polar surface area (TPSA) is 77.1 Å². The van der Waals surface area contributed by atoms with Crippen molar-refractivity contribution in [2.24, 2.45) is 0 Å². The molecule has 0 saturated heterocycles. The summed E-state index contributed by atoms with van der Waals surface area (Å²) in [6.07, 6.45) is 3.19. The summed E-state index contributed by atoms with van der Waals surface area (Å²) >= 11 is 14.2. The van der Waals surface area contributed by atoms with E-state index in [2.05, 4.69) is 20.5 Å². The monoisotopic (exact) mass is 482 g/mol. The van der Waals surface area contributed by atoms with Crippen LogP contribution in [0.3, 0.4) is 0 Å². The van der Waals surface area contributed by atoms with Crippen LogP contribution in [0.4, 0.5) is 5.82 Å². The van der Waals surface area contributed by atoms with E-state index in [-0.39, 0.29) is 5.91 Å². The SMILES string of the molecule is Cc1cc(NC(=O)c2cnn3c(-c4cccs4)ccnc23)nn1Cc1c(Cl)cccc1Cl. The summed E-state index contributed by atoms with van der Waals surface area (Å²) in [5.41, 5.74) is 3.35. The van der Waals surface area contributed by atoms with Gasteiger partial charge in [0.1, 0.15) is 5.56 Å². The number of benzene rings is 1. The van der Waals surface area contributed by atoms with Gasteiger partial charge in [-0.1, -0.05) is 35.3 Å². The molecule has 160 valence electrons. The lowest BCUT2D eigenvalue weighted by atomic mass is 10.2. The number of nitrogens with one attached hydrogen (secondary N) is 1. The molecular formula is C22H16Cl2N6OS. The first-order chi connectivity index (χ1) is 15.5. The Hall–Kier alpha value is -3.20. The molecule has 5 rings (SSSR count). The van der Waals surface area contributed by atoms with E-state index in [1.54, 1.807) is 51.0 Å². The minimum absolute atomic E-state index is 0.337. The van der Waals surface area contributed by atoms with Gasteiger partial charge < -0.3 is 5.32 Å². The summed E-state index contributed by atoms with van der Waals surface area (Å²) in [7, 11) is 0. The van der Waals surface area contributed by atoms with Crippen LogP contribution in [0.2, 0.25) is 10.0 Å². The number of halogens is 2. The number of carbonyl (C=O) groups excluding carboxylic acids is 1. The van der Waals surface area contributed by atoms with Gasteiger partial charge >= 0.3 is 0 Å². The van der Waals surface area contributed by atoms with Gasteiger partial charge in [0.25, 0.3) is 5.91 Å². The second-order valence-electron chi connectivity index (χ2n) is 7.08. The van der Waals surface area contributed by atoms with Crippen LogP contribution in [0.1, 0.15) is 21.6 Å². The highest BCUT2D eigenvalue weighted by molar-refractivity contribution is 7.13. The number of hydrogen-bond acceptors (Lipinski definition) is 5. The number of thiophene rings is 1. The van der Waals surface area contributed by atoms with Gasteiger partial charge in [-0.05, 0) is 36.6 Å². The van der Waals surface area contributed by atoms with E-state index in [0.29, 0.717) is 33.6 Å². The van der Waals surface area contributed by atoms with Crippen LogP contribution < -0.4 is 5.32 Å². The van der Waals surface area contributed by atoms with E-state index in [1.807, 2.05) is 30.5 Å². The largest absolute Gasteiger partial charge is 0.305 e. The minimum Gasteiger partial charge on any atom is -0.305 e. The van der Waals surface area contributed by atoms with Gasteiger partial charge in [-0.3, -0.25) is 9.48 Å². The summed E-state index contributed by atoms with van der Waals surface area (Å²) in [4.78, 5) is 18.4. The summed E-state index contributed by atoms with van der Waals surface area (Å²) in [6, 6.07) is 13.0. The molecule has 0 aliphatic rings. The van der Waals surface area contributed by atoms with Gasteiger partial charge in [0.2, 0.25) is 0 Å². The molecule has 0 unspecified atom stereocenters. The third-order valence-corrected chi connectivity index (χ3v) is 6.61. The summed E-state index contributed by atoms with van der Waals surface area (Å²) in [5, 5.41) is 14.8. The Bertz CT molecular complexity index is 1420. The molecule has 0 spiro atoms. The first kappa shape index (κ1) is 20.7. The van der Waals surface area contributed by atoms with Crippen LogP contribution in [0.15, 0.2) is 60.2 Å². The van der Waals surface area contributed by atoms with Crippen LogP contribution in [-0.4, -0.2) is 30.3 Å². The molecule has 0 bridgehead atoms. The molecule has 32 heavy (non-hydrogen) atoms. The van der Waals surface area contributed by atoms with E-state index in [1.165, 1.54) is 6.20 Å². The summed E-state index contributed by atoms with van der Waals surface area (Å²) < 4.78 is 3.41. The van der Waals surface area contributed by atoms with Crippen molar-refractivity contribution in [1.29, 1.82) is 0 Å². The van der Waals surface area contributed by atoms with E-state index < -0.39 is 0 Å². The molecule has 0 aliphatic carbocycles. The first-order valence-corrected chi connectivity index (χ1v) is 11.3. The molecule has 0 atom stereocenters. The highest BCUT2D eigenvalue weighted by Crippen LogP contribution is 2.27. The zero-order chi connectivity index (χ0) is 22.2. The number of fused-ring (bicyclic) bond motifs is 1. The molecule has 0 radical (unpaired) electrons. The van der Waals surface area contributed by atoms with Gasteiger partial charge in [0.15, 0.2) is 11.5 Å². The van der Waals surface area contributed by atoms with Crippen LogP contribution in [-0.2, 0) is 6.54 Å². The van der Waals surface area contributed by atoms with Crippen molar-refractivity contribution in [3.05, 3.63) is 87.1 Å². The Morgan fingerprint density at radius 3 is 2.72 bits per heavy atom. The maximum atomic E-state index is 13.0. The molecule has 0 aliphatic heterocycles. The normalized spacial score (nSPS) is 11.2. The number of aryl methyl sites for hydroxylation is 1. The lowest BCUT2D eigenvalue weighted by Crippen LogP contribution is -2.13. The Morgan fingerprint density at radius 2 is 1.97 bits per heavy atom. The molecule has 4 aromatic heterocycles. The fourth-order valence-corrected chi connectivity index (χ4v) is 4.66. The van der Waals surface area contributed by atoms with Crippen LogP contribution in [0, 0.1) is 6.92 Å². The number of rotatable bonds is 5. The minimum atomic E-state index is -0.337. The van der Waals surface area contributed by atoms with Gasteiger partial charge in [0.05, 0.1) is 23.3 Å². The number of aromatic nitrogens is 5. The predicted molar refractivity (Wildman–Crippen MR) is 127 cm³/mol. The molecule has 7 nitrogen and oxygen atoms in total. The van der Waals surface area contributed by atoms with Gasteiger partial charge in [-0.2, -0.15) is 10.2 Å². The fraction of sp³-hybridized carbons (Fsp3) is 0.0909. The summed E-state index contributed by atoms with van der Waals surface area (Å²) in [5.74, 6) is 0.0840. The molecular weight excluding hydrogens is 467 g/mol. The van der Waals surface area contributed by atoms with E-state index in [9.17, 15) is 4.79 Å². The van der Waals surface area contributed by atoms with Crippen molar-refractivity contribution in [3.63, 3.8) is 0 Å². The average molecular weight is 483 g/mol. The van der Waals surface area contributed by atoms with Crippen molar-refractivity contribution >= 4 is 51.9 Å². The number of hydrogen-bond donors (Lipinski definition) is 1. The fourth-order valence-electron chi connectivity index (χ4n) is 3.41. The number of amides is 1. The standard InChI is InChI=1S/C22H16Cl2N6OS/c1-13-10-20(28-29(13)12-15-16(23)4-2-5-17(15)24)27-22(31)14-11-26-30-18(7-8-25-21(14)30)19-6-3-9-32-19/h2-11H,12H2,1H3,(H,27,28,31). The Morgan fingerprint density at radius 1 is 1.16 bits per heavy atom. The van der Waals surface area contributed by atoms with Crippen LogP contribution in [0.25, 0.3) is 16.2 Å². The van der Waals surface area contributed by atoms with Crippen molar-refractivity contribution in [1.82, 2.24) is 24.4 Å². The van der Waals surface area contributed by atoms with Gasteiger partial charge in [-0.15, -0.1) is 11.3 Å². The lowest BCUT2D eigenvalue weighted by Gasteiger charge is -2.08. The van der Waals surface area contributed by atoms with E-state index in [4.69, 9.17) is 23.2 Å². The average Bonchev–Trinajstić information content (AvgIpc) is 3.51. The predicted octanol–water partition coefficient (Wildman–Crippen LogP) is 5.57. The molecule has 0 fully saturated rings. The van der Waals surface area contributed by atoms with Crippen molar-refractivity contribution in [2.45, 2.75) is 13.5 Å². The number of carbonyl (C=O) groups is 1. The van der Waals surface area contributed by atoms with E-state index >= 15 is 0 Å². The Labute approximate surface area is 197 Å². The third-order valence-electron chi connectivity index (χ3n) is 5.01. The van der Waals surface area contributed by atoms with Crippen LogP contribution in [0.5, 0.6) is 0 Å². The smallest absolute Gasteiger partial charge is 0.262 e. The van der Waals surface area contributed by atoms with Crippen LogP contribution >= 0.6 is 34.5 Å². The quantitative estimate of drug-likeness (QED) is 0.355. The zero-order valence-electron chi connectivity index (χ0n) is 16.8. The Balaban J connectivity index is 1.41. The second-order valence-corrected chi connectivity index (χ2v) is 8.85. The van der Waals surface area contributed by atoms with Gasteiger partial charge in [0, 0.05) is 33.6 Å². The van der Waals surface area contributed by atoms with Crippen molar-refractivity contribution in [2.75, 3.05) is 5.32 Å². The third kappa shape index (κ3) is 3.77. The second kappa shape index (κ2) is 8.38. The number of anilines is 1. The van der Waals surface area contributed by atoms with E-state index in [0.717, 1.165) is 21.8 Å². The Kier molecular flexibility index (Phi) is 5.42. The molecule has 4 heterocycles. The highest BCUT2D eigenvalue weighted by atomic mass is 35.5. The molecule has 1 aromatic carbocycles. The maximum absolute atomic E-state index is 13.0. The molecule has 0 saturated carbocycles. The molecule has 5 aromatic rings. The van der Waals surface area contributed by atoms with Crippen molar-refractivity contribution < 1.29 is 4.79 Å². The first-order valence-electron chi connectivity index (χ1n) is 9.66. The lowest BCUT2D eigenvalue weighted by molar-refractivity contribution is 0.102. The van der Waals surface area contributed by atoms with Gasteiger partial charge in [-0.25, -0.2) is 9.50 Å². The van der Waals surface area contributed by atoms with Crippen molar-refractivity contribution in [3.8, 4) is 10.6 Å². The summed E-state index contributed by atoms with van der Waals surface area (Å²) in [6.45, 7) is 2.29. The highest BCUT2D eigenvalue weighted by Gasteiger charge is 2.18. The molecule has 1 N–H and O–H groups in total. The molecule has 10 heteroatoms.